The molecule has 5 heteroatoms. The summed E-state index contributed by atoms with van der Waals surface area (Å²) in [4.78, 5) is 37.1. The van der Waals surface area contributed by atoms with E-state index in [9.17, 15) is 14.4 Å². The van der Waals surface area contributed by atoms with Gasteiger partial charge in [-0.2, -0.15) is 0 Å². The van der Waals surface area contributed by atoms with Gasteiger partial charge in [0.05, 0.1) is 12.0 Å². The van der Waals surface area contributed by atoms with Crippen molar-refractivity contribution in [1.82, 2.24) is 0 Å². The molecule has 0 radical (unpaired) electrons. The van der Waals surface area contributed by atoms with Crippen molar-refractivity contribution in [2.75, 3.05) is 0 Å². The fourth-order valence-corrected chi connectivity index (χ4v) is 4.12. The highest BCUT2D eigenvalue weighted by molar-refractivity contribution is 6.74. The zero-order chi connectivity index (χ0) is 20.2. The van der Waals surface area contributed by atoms with Crippen molar-refractivity contribution < 1.29 is 18.8 Å². The fourth-order valence-electron chi connectivity index (χ4n) is 2.68. The summed E-state index contributed by atoms with van der Waals surface area (Å²) in [5, 5.41) is -0.0200. The average molecular weight is 371 g/mol. The Kier molecular flexibility index (Phi) is 8.92. The minimum absolute atomic E-state index is 0.0200. The highest BCUT2D eigenvalue weighted by Crippen LogP contribution is 2.39. The van der Waals surface area contributed by atoms with Crippen LogP contribution in [0.3, 0.4) is 0 Å². The predicted octanol–water partition coefficient (Wildman–Crippen LogP) is 4.81. The van der Waals surface area contributed by atoms with Gasteiger partial charge in [-0.3, -0.25) is 14.4 Å². The SMILES string of the molecule is CCC(=O)C(C)C(=O)[C@@H](C)[C@@H](O[Si](C)(C)C(C)(C)C)[C@@H](C)C(=O)CC. The molecule has 4 nitrogen and oxygen atoms in total. The van der Waals surface area contributed by atoms with E-state index in [0.717, 1.165) is 0 Å². The van der Waals surface area contributed by atoms with Crippen LogP contribution >= 0.6 is 0 Å². The summed E-state index contributed by atoms with van der Waals surface area (Å²) in [5.41, 5.74) is 0. The van der Waals surface area contributed by atoms with E-state index in [2.05, 4.69) is 33.9 Å². The third kappa shape index (κ3) is 6.14. The second-order valence-corrected chi connectivity index (χ2v) is 13.4. The smallest absolute Gasteiger partial charge is 0.192 e. The summed E-state index contributed by atoms with van der Waals surface area (Å²) in [6, 6.07) is 0. The molecular formula is C20H38O4Si. The van der Waals surface area contributed by atoms with Gasteiger partial charge in [-0.15, -0.1) is 0 Å². The topological polar surface area (TPSA) is 60.4 Å². The van der Waals surface area contributed by atoms with Crippen molar-refractivity contribution in [2.45, 2.75) is 92.5 Å². The van der Waals surface area contributed by atoms with E-state index in [4.69, 9.17) is 4.43 Å². The van der Waals surface area contributed by atoms with Crippen LogP contribution in [-0.4, -0.2) is 31.8 Å². The van der Waals surface area contributed by atoms with E-state index in [1.807, 2.05) is 13.8 Å². The Morgan fingerprint density at radius 1 is 0.880 bits per heavy atom. The number of ketones is 3. The maximum absolute atomic E-state index is 12.8. The molecule has 0 aromatic heterocycles. The molecular weight excluding hydrogens is 332 g/mol. The number of hydrogen-bond acceptors (Lipinski definition) is 4. The molecule has 0 N–H and O–H groups in total. The molecule has 1 unspecified atom stereocenters. The lowest BCUT2D eigenvalue weighted by Gasteiger charge is -2.42. The number of carbonyl (C=O) groups excluding carboxylic acids is 3. The van der Waals surface area contributed by atoms with Crippen LogP contribution in [0, 0.1) is 17.8 Å². The molecule has 25 heavy (non-hydrogen) atoms. The molecule has 0 saturated carbocycles. The monoisotopic (exact) mass is 370 g/mol. The van der Waals surface area contributed by atoms with Crippen molar-refractivity contribution in [3.05, 3.63) is 0 Å². The molecule has 0 aliphatic heterocycles. The van der Waals surface area contributed by atoms with Gasteiger partial charge in [-0.1, -0.05) is 48.5 Å². The van der Waals surface area contributed by atoms with Crippen LogP contribution in [0.4, 0.5) is 0 Å². The third-order valence-electron chi connectivity index (χ3n) is 5.79. The van der Waals surface area contributed by atoms with Crippen molar-refractivity contribution in [3.8, 4) is 0 Å². The lowest BCUT2D eigenvalue weighted by Crippen LogP contribution is -2.50. The Morgan fingerprint density at radius 3 is 1.68 bits per heavy atom. The Bertz CT molecular complexity index is 490. The maximum Gasteiger partial charge on any atom is 0.192 e. The largest absolute Gasteiger partial charge is 0.412 e. The molecule has 0 rings (SSSR count). The van der Waals surface area contributed by atoms with Gasteiger partial charge < -0.3 is 4.43 Å². The quantitative estimate of drug-likeness (QED) is 0.409. The Balaban J connectivity index is 5.71. The molecule has 146 valence electrons. The lowest BCUT2D eigenvalue weighted by molar-refractivity contribution is -0.137. The van der Waals surface area contributed by atoms with Gasteiger partial charge in [0.25, 0.3) is 0 Å². The summed E-state index contributed by atoms with van der Waals surface area (Å²) in [6.07, 6.45) is 0.285. The van der Waals surface area contributed by atoms with Gasteiger partial charge in [0.15, 0.2) is 8.32 Å². The normalized spacial score (nSPS) is 17.5. The molecule has 0 amide bonds. The molecule has 0 heterocycles. The van der Waals surface area contributed by atoms with Gasteiger partial charge in [0.1, 0.15) is 17.3 Å². The van der Waals surface area contributed by atoms with Crippen LogP contribution in [-0.2, 0) is 18.8 Å². The summed E-state index contributed by atoms with van der Waals surface area (Å²) in [5.74, 6) is -1.57. The zero-order valence-corrected chi connectivity index (χ0v) is 18.9. The molecule has 0 aliphatic carbocycles. The number of carbonyl (C=O) groups is 3. The van der Waals surface area contributed by atoms with Crippen LogP contribution in [0.25, 0.3) is 0 Å². The molecule has 0 spiro atoms. The highest BCUT2D eigenvalue weighted by Gasteiger charge is 2.44. The van der Waals surface area contributed by atoms with Crippen molar-refractivity contribution in [3.63, 3.8) is 0 Å². The van der Waals surface area contributed by atoms with E-state index in [1.54, 1.807) is 20.8 Å². The van der Waals surface area contributed by atoms with Gasteiger partial charge in [-0.05, 0) is 25.1 Å². The second kappa shape index (κ2) is 9.22. The summed E-state index contributed by atoms with van der Waals surface area (Å²) >= 11 is 0. The summed E-state index contributed by atoms with van der Waals surface area (Å²) in [7, 11) is -2.16. The second-order valence-electron chi connectivity index (χ2n) is 8.68. The van der Waals surface area contributed by atoms with E-state index >= 15 is 0 Å². The molecule has 0 aromatic carbocycles. The molecule has 0 saturated heterocycles. The predicted molar refractivity (Wildman–Crippen MR) is 105 cm³/mol. The van der Waals surface area contributed by atoms with Crippen molar-refractivity contribution in [1.29, 1.82) is 0 Å². The Morgan fingerprint density at radius 2 is 1.32 bits per heavy atom. The third-order valence-corrected chi connectivity index (χ3v) is 10.3. The summed E-state index contributed by atoms with van der Waals surface area (Å²) in [6.45, 7) is 19.6. The van der Waals surface area contributed by atoms with Gasteiger partial charge in [0.2, 0.25) is 0 Å². The fraction of sp³-hybridized carbons (Fsp3) is 0.850. The Labute approximate surface area is 155 Å². The van der Waals surface area contributed by atoms with Gasteiger partial charge in [0, 0.05) is 24.7 Å². The van der Waals surface area contributed by atoms with Crippen molar-refractivity contribution >= 4 is 25.7 Å². The molecule has 0 bridgehead atoms. The van der Waals surface area contributed by atoms with Crippen LogP contribution in [0.2, 0.25) is 18.1 Å². The molecule has 0 aliphatic rings. The van der Waals surface area contributed by atoms with Crippen LogP contribution in [0.15, 0.2) is 0 Å². The minimum Gasteiger partial charge on any atom is -0.412 e. The van der Waals surface area contributed by atoms with Crippen LogP contribution in [0.1, 0.15) is 68.2 Å². The van der Waals surface area contributed by atoms with Gasteiger partial charge >= 0.3 is 0 Å². The molecule has 0 aromatic rings. The van der Waals surface area contributed by atoms with E-state index in [1.165, 1.54) is 0 Å². The zero-order valence-electron chi connectivity index (χ0n) is 17.9. The minimum atomic E-state index is -2.16. The molecule has 0 fully saturated rings. The lowest BCUT2D eigenvalue weighted by atomic mass is 9.82. The standard InChI is InChI=1S/C20H38O4Si/c1-11-16(21)13(3)18(23)15(5)19(14(4)17(22)12-2)24-25(9,10)20(6,7)8/h13-15,19H,11-12H2,1-10H3/t13?,14-,15+,19-/m0/s1. The average Bonchev–Trinajstić information content (AvgIpc) is 2.54. The Hall–Kier alpha value is -0.813. The first-order chi connectivity index (χ1) is 11.2. The van der Waals surface area contributed by atoms with E-state index < -0.39 is 26.3 Å². The van der Waals surface area contributed by atoms with Gasteiger partial charge in [-0.25, -0.2) is 0 Å². The van der Waals surface area contributed by atoms with E-state index in [0.29, 0.717) is 12.8 Å². The maximum atomic E-state index is 12.8. The first kappa shape index (κ1) is 24.2. The van der Waals surface area contributed by atoms with Crippen molar-refractivity contribution in [2.24, 2.45) is 17.8 Å². The highest BCUT2D eigenvalue weighted by atomic mass is 28.4. The van der Waals surface area contributed by atoms with E-state index in [-0.39, 0.29) is 28.3 Å². The first-order valence-corrected chi connectivity index (χ1v) is 12.4. The number of hydrogen-bond donors (Lipinski definition) is 0. The molecule has 4 atom stereocenters. The summed E-state index contributed by atoms with van der Waals surface area (Å²) < 4.78 is 6.52. The van der Waals surface area contributed by atoms with Crippen LogP contribution < -0.4 is 0 Å². The number of Topliss-reactive ketones (excluding diaryl/α,β-unsaturated/α-hetero) is 3. The number of rotatable bonds is 10. The van der Waals surface area contributed by atoms with Crippen LogP contribution in [0.5, 0.6) is 0 Å². The first-order valence-electron chi connectivity index (χ1n) is 9.48.